The van der Waals surface area contributed by atoms with Crippen LogP contribution in [0, 0.1) is 0 Å². The molecule has 0 fully saturated rings. The molecule has 0 bridgehead atoms. The minimum absolute atomic E-state index is 0.0596. The Kier molecular flexibility index (Phi) is 2.61. The van der Waals surface area contributed by atoms with Crippen LogP contribution in [-0.4, -0.2) is 10.8 Å². The number of rotatable bonds is 2. The Morgan fingerprint density at radius 1 is 1.24 bits per heavy atom. The molecule has 2 nitrogen and oxygen atoms in total. The summed E-state index contributed by atoms with van der Waals surface area (Å²) in [6, 6.07) is 9.72. The molecule has 17 heavy (non-hydrogen) atoms. The van der Waals surface area contributed by atoms with Gasteiger partial charge in [0, 0.05) is 27.1 Å². The number of aromatic nitrogens is 1. The molecule has 0 aliphatic carbocycles. The molecule has 4 heteroatoms. The first kappa shape index (κ1) is 10.7. The van der Waals surface area contributed by atoms with E-state index in [2.05, 4.69) is 20.9 Å². The van der Waals surface area contributed by atoms with Crippen molar-refractivity contribution in [1.82, 2.24) is 4.98 Å². The number of aromatic amines is 1. The molecule has 1 N–H and O–H groups in total. The number of nitrogens with one attached hydrogen (secondary N) is 1. The third-order valence-corrected chi connectivity index (χ3v) is 4.49. The van der Waals surface area contributed by atoms with Gasteiger partial charge in [-0.3, -0.25) is 4.79 Å². The van der Waals surface area contributed by atoms with Crippen LogP contribution in [0.15, 0.2) is 46.4 Å². The van der Waals surface area contributed by atoms with Crippen LogP contribution >= 0.6 is 27.3 Å². The van der Waals surface area contributed by atoms with E-state index in [-0.39, 0.29) is 5.78 Å². The molecule has 3 rings (SSSR count). The molecule has 3 aromatic rings. The Morgan fingerprint density at radius 3 is 2.82 bits per heavy atom. The highest BCUT2D eigenvalue weighted by Crippen LogP contribution is 2.28. The quantitative estimate of drug-likeness (QED) is 0.706. The zero-order chi connectivity index (χ0) is 11.8. The van der Waals surface area contributed by atoms with Crippen LogP contribution in [0.5, 0.6) is 0 Å². The number of carbonyl (C=O) groups excluding carboxylic acids is 1. The van der Waals surface area contributed by atoms with E-state index in [9.17, 15) is 4.79 Å². The van der Waals surface area contributed by atoms with Gasteiger partial charge in [-0.15, -0.1) is 11.3 Å². The number of fused-ring (bicyclic) bond motifs is 1. The Bertz CT molecular complexity index is 698. The van der Waals surface area contributed by atoms with Gasteiger partial charge in [0.15, 0.2) is 0 Å². The predicted octanol–water partition coefficient (Wildman–Crippen LogP) is 4.22. The fourth-order valence-electron chi connectivity index (χ4n) is 1.84. The zero-order valence-electron chi connectivity index (χ0n) is 8.74. The van der Waals surface area contributed by atoms with Crippen LogP contribution in [0.4, 0.5) is 0 Å². The largest absolute Gasteiger partial charge is 0.360 e. The summed E-state index contributed by atoms with van der Waals surface area (Å²) < 4.78 is 0.859. The van der Waals surface area contributed by atoms with Crippen molar-refractivity contribution in [2.24, 2.45) is 0 Å². The molecule has 0 spiro atoms. The lowest BCUT2D eigenvalue weighted by molar-refractivity contribution is 0.104. The first-order valence-corrected chi connectivity index (χ1v) is 6.78. The number of hydrogen-bond acceptors (Lipinski definition) is 2. The molecule has 0 aliphatic heterocycles. The average Bonchev–Trinajstić information content (AvgIpc) is 2.94. The van der Waals surface area contributed by atoms with Gasteiger partial charge in [-0.05, 0) is 33.4 Å². The molecule has 0 saturated heterocycles. The SMILES string of the molecule is O=C(c1sccc1Br)c1c[nH]c2ccccc12. The normalized spacial score (nSPS) is 10.9. The molecule has 0 unspecified atom stereocenters. The van der Waals surface area contributed by atoms with Crippen molar-refractivity contribution in [2.45, 2.75) is 0 Å². The van der Waals surface area contributed by atoms with Crippen molar-refractivity contribution in [3.63, 3.8) is 0 Å². The van der Waals surface area contributed by atoms with Crippen LogP contribution in [0.3, 0.4) is 0 Å². The smallest absolute Gasteiger partial charge is 0.206 e. The molecule has 84 valence electrons. The molecule has 2 heterocycles. The van der Waals surface area contributed by atoms with E-state index in [0.717, 1.165) is 25.8 Å². The van der Waals surface area contributed by atoms with E-state index >= 15 is 0 Å². The Hall–Kier alpha value is -1.39. The van der Waals surface area contributed by atoms with Crippen molar-refractivity contribution in [3.8, 4) is 0 Å². The summed E-state index contributed by atoms with van der Waals surface area (Å²) in [4.78, 5) is 16.2. The van der Waals surface area contributed by atoms with Gasteiger partial charge in [0.1, 0.15) is 0 Å². The van der Waals surface area contributed by atoms with E-state index in [1.807, 2.05) is 35.7 Å². The Morgan fingerprint density at radius 2 is 2.06 bits per heavy atom. The minimum atomic E-state index is 0.0596. The second-order valence-electron chi connectivity index (χ2n) is 3.67. The lowest BCUT2D eigenvalue weighted by Crippen LogP contribution is -1.97. The summed E-state index contributed by atoms with van der Waals surface area (Å²) in [6.07, 6.45) is 1.78. The van der Waals surface area contributed by atoms with Gasteiger partial charge in [0.2, 0.25) is 5.78 Å². The second kappa shape index (κ2) is 4.13. The Labute approximate surface area is 110 Å². The van der Waals surface area contributed by atoms with Crippen LogP contribution < -0.4 is 0 Å². The van der Waals surface area contributed by atoms with Crippen molar-refractivity contribution in [2.75, 3.05) is 0 Å². The predicted molar refractivity (Wildman–Crippen MR) is 73.8 cm³/mol. The zero-order valence-corrected chi connectivity index (χ0v) is 11.1. The molecule has 0 atom stereocenters. The van der Waals surface area contributed by atoms with Crippen molar-refractivity contribution >= 4 is 44.0 Å². The summed E-state index contributed by atoms with van der Waals surface area (Å²) in [5, 5.41) is 2.88. The van der Waals surface area contributed by atoms with Gasteiger partial charge in [-0.25, -0.2) is 0 Å². The standard InChI is InChI=1S/C13H8BrNOS/c14-10-5-6-17-13(10)12(16)9-7-15-11-4-2-1-3-8(9)11/h1-7,15H. The molecule has 1 aromatic carbocycles. The highest BCUT2D eigenvalue weighted by Gasteiger charge is 2.17. The number of para-hydroxylation sites is 1. The van der Waals surface area contributed by atoms with Crippen molar-refractivity contribution in [1.29, 1.82) is 0 Å². The molecular weight excluding hydrogens is 298 g/mol. The topological polar surface area (TPSA) is 32.9 Å². The maximum atomic E-state index is 12.4. The molecule has 0 saturated carbocycles. The number of thiophene rings is 1. The first-order valence-electron chi connectivity index (χ1n) is 5.11. The summed E-state index contributed by atoms with van der Waals surface area (Å²) >= 11 is 4.85. The summed E-state index contributed by atoms with van der Waals surface area (Å²) in [5.74, 6) is 0.0596. The van der Waals surface area contributed by atoms with Gasteiger partial charge in [-0.2, -0.15) is 0 Å². The van der Waals surface area contributed by atoms with E-state index in [0.29, 0.717) is 0 Å². The van der Waals surface area contributed by atoms with Crippen molar-refractivity contribution in [3.05, 3.63) is 56.8 Å². The van der Waals surface area contributed by atoms with Crippen LogP contribution in [0.1, 0.15) is 15.2 Å². The molecule has 0 amide bonds. The molecule has 0 aliphatic rings. The van der Waals surface area contributed by atoms with Crippen LogP contribution in [0.25, 0.3) is 10.9 Å². The maximum absolute atomic E-state index is 12.4. The third kappa shape index (κ3) is 1.73. The van der Waals surface area contributed by atoms with Gasteiger partial charge >= 0.3 is 0 Å². The monoisotopic (exact) mass is 305 g/mol. The van der Waals surface area contributed by atoms with Crippen molar-refractivity contribution < 1.29 is 4.79 Å². The van der Waals surface area contributed by atoms with Gasteiger partial charge in [0.05, 0.1) is 4.88 Å². The van der Waals surface area contributed by atoms with E-state index in [1.54, 1.807) is 6.20 Å². The summed E-state index contributed by atoms with van der Waals surface area (Å²) in [7, 11) is 0. The van der Waals surface area contributed by atoms with Gasteiger partial charge in [-0.1, -0.05) is 18.2 Å². The first-order chi connectivity index (χ1) is 8.27. The Balaban J connectivity index is 2.17. The fraction of sp³-hybridized carbons (Fsp3) is 0. The third-order valence-electron chi connectivity index (χ3n) is 2.66. The van der Waals surface area contributed by atoms with Crippen LogP contribution in [0.2, 0.25) is 0 Å². The lowest BCUT2D eigenvalue weighted by atomic mass is 10.1. The highest BCUT2D eigenvalue weighted by atomic mass is 79.9. The van der Waals surface area contributed by atoms with E-state index < -0.39 is 0 Å². The number of halogens is 1. The molecular formula is C13H8BrNOS. The average molecular weight is 306 g/mol. The second-order valence-corrected chi connectivity index (χ2v) is 5.45. The fourth-order valence-corrected chi connectivity index (χ4v) is 3.34. The van der Waals surface area contributed by atoms with Gasteiger partial charge in [0.25, 0.3) is 0 Å². The van der Waals surface area contributed by atoms with Crippen LogP contribution in [-0.2, 0) is 0 Å². The number of H-pyrrole nitrogens is 1. The minimum Gasteiger partial charge on any atom is -0.360 e. The molecule has 2 aromatic heterocycles. The number of carbonyl (C=O) groups is 1. The van der Waals surface area contributed by atoms with E-state index in [4.69, 9.17) is 0 Å². The summed E-state index contributed by atoms with van der Waals surface area (Å²) in [6.45, 7) is 0. The van der Waals surface area contributed by atoms with E-state index in [1.165, 1.54) is 11.3 Å². The number of hydrogen-bond donors (Lipinski definition) is 1. The van der Waals surface area contributed by atoms with Gasteiger partial charge < -0.3 is 4.98 Å². The molecule has 0 radical (unpaired) electrons. The summed E-state index contributed by atoms with van der Waals surface area (Å²) in [5.41, 5.74) is 1.72. The highest BCUT2D eigenvalue weighted by molar-refractivity contribution is 9.10. The number of benzene rings is 1. The lowest BCUT2D eigenvalue weighted by Gasteiger charge is -1.97. The number of ketones is 1. The maximum Gasteiger partial charge on any atom is 0.206 e.